The molecule has 2 atom stereocenters. The molecule has 1 aromatic rings. The van der Waals surface area contributed by atoms with Gasteiger partial charge in [0.25, 0.3) is 0 Å². The number of unbranched alkanes of at least 4 members (excludes halogenated alkanes) is 3. The highest BCUT2D eigenvalue weighted by atomic mass is 14.9. The minimum absolute atomic E-state index is 0.456. The van der Waals surface area contributed by atoms with Crippen LogP contribution >= 0.6 is 0 Å². The molecule has 0 spiro atoms. The molecule has 0 saturated heterocycles. The van der Waals surface area contributed by atoms with Crippen molar-refractivity contribution in [1.29, 1.82) is 0 Å². The van der Waals surface area contributed by atoms with Gasteiger partial charge in [0.1, 0.15) is 0 Å². The van der Waals surface area contributed by atoms with E-state index in [0.717, 1.165) is 0 Å². The molecule has 1 aromatic carbocycles. The van der Waals surface area contributed by atoms with Crippen molar-refractivity contribution in [3.8, 4) is 0 Å². The molecule has 0 heterocycles. The molecule has 1 N–H and O–H groups in total. The lowest BCUT2D eigenvalue weighted by atomic mass is 10.0. The van der Waals surface area contributed by atoms with Crippen molar-refractivity contribution in [2.75, 3.05) is 0 Å². The topological polar surface area (TPSA) is 12.0 Å². The van der Waals surface area contributed by atoms with Gasteiger partial charge in [0.05, 0.1) is 0 Å². The Hall–Kier alpha value is -0.820. The fraction of sp³-hybridized carbons (Fsp3) is 0.625. The van der Waals surface area contributed by atoms with Crippen LogP contribution in [0, 0.1) is 0 Å². The third kappa shape index (κ3) is 5.88. The third-order valence-corrected chi connectivity index (χ3v) is 3.32. The summed E-state index contributed by atoms with van der Waals surface area (Å²) >= 11 is 0. The van der Waals surface area contributed by atoms with E-state index < -0.39 is 0 Å². The number of rotatable bonds is 8. The molecule has 0 amide bonds. The van der Waals surface area contributed by atoms with E-state index in [1.54, 1.807) is 0 Å². The van der Waals surface area contributed by atoms with Gasteiger partial charge in [-0.25, -0.2) is 0 Å². The van der Waals surface area contributed by atoms with E-state index in [1.807, 2.05) is 0 Å². The molecule has 1 heteroatoms. The molecular weight excluding hydrogens is 206 g/mol. The Morgan fingerprint density at radius 1 is 1.00 bits per heavy atom. The van der Waals surface area contributed by atoms with Gasteiger partial charge in [0, 0.05) is 12.1 Å². The first kappa shape index (κ1) is 14.2. The summed E-state index contributed by atoms with van der Waals surface area (Å²) in [5, 5.41) is 3.67. The summed E-state index contributed by atoms with van der Waals surface area (Å²) in [6, 6.07) is 11.8. The maximum Gasteiger partial charge on any atom is 0.0294 e. The molecule has 1 nitrogen and oxygen atoms in total. The smallest absolute Gasteiger partial charge is 0.0294 e. The SMILES string of the molecule is CCCCCCC(C)N[C@@H](C)c1ccccc1. The molecule has 0 aliphatic heterocycles. The van der Waals surface area contributed by atoms with Gasteiger partial charge in [-0.05, 0) is 25.8 Å². The first-order valence-corrected chi connectivity index (χ1v) is 7.05. The fourth-order valence-corrected chi connectivity index (χ4v) is 2.23. The summed E-state index contributed by atoms with van der Waals surface area (Å²) in [6.45, 7) is 6.81. The predicted molar refractivity (Wildman–Crippen MR) is 76.2 cm³/mol. The molecule has 0 bridgehead atoms. The highest BCUT2D eigenvalue weighted by molar-refractivity contribution is 5.18. The van der Waals surface area contributed by atoms with Gasteiger partial charge >= 0.3 is 0 Å². The summed E-state index contributed by atoms with van der Waals surface area (Å²) in [6.07, 6.45) is 6.71. The first-order chi connectivity index (χ1) is 8.24. The zero-order valence-corrected chi connectivity index (χ0v) is 11.6. The van der Waals surface area contributed by atoms with Gasteiger partial charge in [-0.3, -0.25) is 0 Å². The van der Waals surface area contributed by atoms with Crippen LogP contribution in [0.2, 0.25) is 0 Å². The quantitative estimate of drug-likeness (QED) is 0.642. The summed E-state index contributed by atoms with van der Waals surface area (Å²) in [4.78, 5) is 0. The van der Waals surface area contributed by atoms with Crippen molar-refractivity contribution >= 4 is 0 Å². The van der Waals surface area contributed by atoms with Crippen molar-refractivity contribution in [3.05, 3.63) is 35.9 Å². The van der Waals surface area contributed by atoms with Gasteiger partial charge < -0.3 is 5.32 Å². The molecule has 1 unspecified atom stereocenters. The Morgan fingerprint density at radius 3 is 2.35 bits per heavy atom. The molecule has 0 fully saturated rings. The molecule has 0 saturated carbocycles. The van der Waals surface area contributed by atoms with Crippen LogP contribution in [0.3, 0.4) is 0 Å². The van der Waals surface area contributed by atoms with Crippen LogP contribution in [0.15, 0.2) is 30.3 Å². The highest BCUT2D eigenvalue weighted by Crippen LogP contribution is 2.14. The van der Waals surface area contributed by atoms with Gasteiger partial charge in [0.2, 0.25) is 0 Å². The van der Waals surface area contributed by atoms with E-state index in [0.29, 0.717) is 12.1 Å². The van der Waals surface area contributed by atoms with Crippen molar-refractivity contribution in [2.45, 2.75) is 65.0 Å². The minimum atomic E-state index is 0.456. The second-order valence-electron chi connectivity index (χ2n) is 5.05. The molecule has 0 aliphatic rings. The first-order valence-electron chi connectivity index (χ1n) is 7.05. The standard InChI is InChI=1S/C16H27N/c1-4-5-6-8-11-14(2)17-15(3)16-12-9-7-10-13-16/h7,9-10,12-15,17H,4-6,8,11H2,1-3H3/t14?,15-/m0/s1. The third-order valence-electron chi connectivity index (χ3n) is 3.32. The van der Waals surface area contributed by atoms with Crippen LogP contribution in [-0.4, -0.2) is 6.04 Å². The number of nitrogens with one attached hydrogen (secondary N) is 1. The van der Waals surface area contributed by atoms with E-state index in [9.17, 15) is 0 Å². The molecule has 17 heavy (non-hydrogen) atoms. The van der Waals surface area contributed by atoms with Gasteiger partial charge in [-0.1, -0.05) is 62.9 Å². The van der Waals surface area contributed by atoms with Crippen molar-refractivity contribution in [3.63, 3.8) is 0 Å². The van der Waals surface area contributed by atoms with Crippen LogP contribution in [-0.2, 0) is 0 Å². The second-order valence-corrected chi connectivity index (χ2v) is 5.05. The molecule has 0 radical (unpaired) electrons. The van der Waals surface area contributed by atoms with Crippen molar-refractivity contribution < 1.29 is 0 Å². The van der Waals surface area contributed by atoms with E-state index in [2.05, 4.69) is 56.4 Å². The molecule has 0 aliphatic carbocycles. The molecular formula is C16H27N. The van der Waals surface area contributed by atoms with Crippen LogP contribution in [0.1, 0.15) is 64.5 Å². The molecule has 96 valence electrons. The lowest BCUT2D eigenvalue weighted by Crippen LogP contribution is -2.28. The van der Waals surface area contributed by atoms with E-state index in [-0.39, 0.29) is 0 Å². The average Bonchev–Trinajstić information content (AvgIpc) is 2.36. The van der Waals surface area contributed by atoms with Crippen LogP contribution in [0.5, 0.6) is 0 Å². The zero-order chi connectivity index (χ0) is 12.5. The Kier molecular flexibility index (Phi) is 6.95. The average molecular weight is 233 g/mol. The number of hydrogen-bond donors (Lipinski definition) is 1. The minimum Gasteiger partial charge on any atom is -0.308 e. The van der Waals surface area contributed by atoms with Gasteiger partial charge in [-0.15, -0.1) is 0 Å². The maximum absolute atomic E-state index is 3.67. The summed E-state index contributed by atoms with van der Waals surface area (Å²) in [5.41, 5.74) is 1.38. The van der Waals surface area contributed by atoms with Crippen LogP contribution < -0.4 is 5.32 Å². The Balaban J connectivity index is 2.24. The lowest BCUT2D eigenvalue weighted by Gasteiger charge is -2.20. The Morgan fingerprint density at radius 2 is 1.71 bits per heavy atom. The van der Waals surface area contributed by atoms with E-state index >= 15 is 0 Å². The maximum atomic E-state index is 3.67. The normalized spacial score (nSPS) is 14.5. The lowest BCUT2D eigenvalue weighted by molar-refractivity contribution is 0.438. The largest absolute Gasteiger partial charge is 0.308 e. The van der Waals surface area contributed by atoms with Crippen LogP contribution in [0.4, 0.5) is 0 Å². The van der Waals surface area contributed by atoms with E-state index in [4.69, 9.17) is 0 Å². The Bertz CT molecular complexity index is 281. The molecule has 1 rings (SSSR count). The summed E-state index contributed by atoms with van der Waals surface area (Å²) < 4.78 is 0. The van der Waals surface area contributed by atoms with Crippen molar-refractivity contribution in [1.82, 2.24) is 5.32 Å². The van der Waals surface area contributed by atoms with Gasteiger partial charge in [0.15, 0.2) is 0 Å². The van der Waals surface area contributed by atoms with Crippen LogP contribution in [0.25, 0.3) is 0 Å². The van der Waals surface area contributed by atoms with Gasteiger partial charge in [-0.2, -0.15) is 0 Å². The summed E-state index contributed by atoms with van der Waals surface area (Å²) in [5.74, 6) is 0. The second kappa shape index (κ2) is 8.30. The van der Waals surface area contributed by atoms with E-state index in [1.165, 1.54) is 37.7 Å². The monoisotopic (exact) mass is 233 g/mol. The molecule has 0 aromatic heterocycles. The van der Waals surface area contributed by atoms with Crippen molar-refractivity contribution in [2.24, 2.45) is 0 Å². The summed E-state index contributed by atoms with van der Waals surface area (Å²) in [7, 11) is 0. The zero-order valence-electron chi connectivity index (χ0n) is 11.6. The fourth-order valence-electron chi connectivity index (χ4n) is 2.23. The Labute approximate surface area is 107 Å². The number of hydrogen-bond acceptors (Lipinski definition) is 1. The predicted octanol–water partition coefficient (Wildman–Crippen LogP) is 4.70. The highest BCUT2D eigenvalue weighted by Gasteiger charge is 2.08. The number of benzene rings is 1.